The molecule has 0 saturated heterocycles. The van der Waals surface area contributed by atoms with Gasteiger partial charge in [-0.1, -0.05) is 12.7 Å². The molecule has 0 aliphatic carbocycles. The minimum absolute atomic E-state index is 0.450. The predicted octanol–water partition coefficient (Wildman–Crippen LogP) is 1.72. The molecule has 0 spiro atoms. The van der Waals surface area contributed by atoms with Crippen molar-refractivity contribution >= 4 is 0 Å². The lowest BCUT2D eigenvalue weighted by Crippen LogP contribution is -2.06. The summed E-state index contributed by atoms with van der Waals surface area (Å²) in [6, 6.07) is 1.90. The lowest BCUT2D eigenvalue weighted by Gasteiger charge is -2.11. The van der Waals surface area contributed by atoms with Crippen LogP contribution in [0.15, 0.2) is 18.7 Å². The van der Waals surface area contributed by atoms with Crippen LogP contribution in [-0.2, 0) is 6.54 Å². The largest absolute Gasteiger partial charge is 0.489 e. The van der Waals surface area contributed by atoms with Crippen LogP contribution in [0.3, 0.4) is 0 Å². The number of nitrogens with zero attached hydrogens (tertiary/aromatic N) is 1. The number of rotatable bonds is 4. The summed E-state index contributed by atoms with van der Waals surface area (Å²) in [5, 5.41) is 0. The summed E-state index contributed by atoms with van der Waals surface area (Å²) in [6.45, 7) is 8.43. The van der Waals surface area contributed by atoms with E-state index in [1.165, 1.54) is 0 Å². The van der Waals surface area contributed by atoms with Crippen LogP contribution < -0.4 is 10.5 Å². The van der Waals surface area contributed by atoms with E-state index < -0.39 is 0 Å². The normalized spacial score (nSPS) is 9.93. The van der Waals surface area contributed by atoms with Gasteiger partial charge in [0, 0.05) is 29.6 Å². The van der Waals surface area contributed by atoms with Gasteiger partial charge in [0.25, 0.3) is 0 Å². The molecular weight excluding hydrogens is 176 g/mol. The van der Waals surface area contributed by atoms with E-state index >= 15 is 0 Å². The van der Waals surface area contributed by atoms with Crippen LogP contribution in [0.5, 0.6) is 5.75 Å². The van der Waals surface area contributed by atoms with Crippen molar-refractivity contribution in [2.24, 2.45) is 5.73 Å². The lowest BCUT2D eigenvalue weighted by molar-refractivity contribution is 0.358. The van der Waals surface area contributed by atoms with E-state index in [4.69, 9.17) is 10.5 Å². The highest BCUT2D eigenvalue weighted by Gasteiger charge is 2.07. The summed E-state index contributed by atoms with van der Waals surface area (Å²) in [6.07, 6.45) is 1.71. The summed E-state index contributed by atoms with van der Waals surface area (Å²) in [4.78, 5) is 4.33. The molecule has 0 radical (unpaired) electrons. The first-order chi connectivity index (χ1) is 6.69. The van der Waals surface area contributed by atoms with E-state index in [2.05, 4.69) is 11.6 Å². The molecule has 0 aromatic carbocycles. The van der Waals surface area contributed by atoms with E-state index in [9.17, 15) is 0 Å². The smallest absolute Gasteiger partial charge is 0.127 e. The topological polar surface area (TPSA) is 48.1 Å². The zero-order chi connectivity index (χ0) is 10.6. The van der Waals surface area contributed by atoms with Crippen molar-refractivity contribution < 1.29 is 4.74 Å². The molecule has 76 valence electrons. The van der Waals surface area contributed by atoms with Crippen LogP contribution in [0, 0.1) is 13.8 Å². The van der Waals surface area contributed by atoms with Gasteiger partial charge < -0.3 is 10.5 Å². The molecule has 2 N–H and O–H groups in total. The highest BCUT2D eigenvalue weighted by atomic mass is 16.5. The summed E-state index contributed by atoms with van der Waals surface area (Å²) in [5.74, 6) is 0.817. The fourth-order valence-electron chi connectivity index (χ4n) is 1.35. The first-order valence-corrected chi connectivity index (χ1v) is 4.60. The Morgan fingerprint density at radius 2 is 2.29 bits per heavy atom. The molecule has 14 heavy (non-hydrogen) atoms. The zero-order valence-electron chi connectivity index (χ0n) is 8.71. The quantitative estimate of drug-likeness (QED) is 0.739. The van der Waals surface area contributed by atoms with Gasteiger partial charge in [-0.05, 0) is 13.8 Å². The molecule has 0 fully saturated rings. The second kappa shape index (κ2) is 4.77. The Morgan fingerprint density at radius 1 is 1.57 bits per heavy atom. The van der Waals surface area contributed by atoms with Crippen molar-refractivity contribution in [3.63, 3.8) is 0 Å². The summed E-state index contributed by atoms with van der Waals surface area (Å²) in [7, 11) is 0. The number of pyridine rings is 1. The Hall–Kier alpha value is -1.35. The fourth-order valence-corrected chi connectivity index (χ4v) is 1.35. The highest BCUT2D eigenvalue weighted by Crippen LogP contribution is 2.21. The molecule has 0 aliphatic heterocycles. The van der Waals surface area contributed by atoms with Gasteiger partial charge in [0.1, 0.15) is 12.4 Å². The third-order valence-corrected chi connectivity index (χ3v) is 1.98. The van der Waals surface area contributed by atoms with Gasteiger partial charge in [-0.2, -0.15) is 0 Å². The number of aromatic nitrogens is 1. The molecule has 3 nitrogen and oxygen atoms in total. The van der Waals surface area contributed by atoms with Crippen molar-refractivity contribution in [1.82, 2.24) is 4.98 Å². The number of ether oxygens (including phenoxy) is 1. The van der Waals surface area contributed by atoms with E-state index in [0.29, 0.717) is 13.2 Å². The molecule has 0 unspecified atom stereocenters. The number of hydrogen-bond donors (Lipinski definition) is 1. The van der Waals surface area contributed by atoms with E-state index in [1.54, 1.807) is 6.08 Å². The molecule has 0 saturated carbocycles. The minimum Gasteiger partial charge on any atom is -0.489 e. The van der Waals surface area contributed by atoms with Crippen LogP contribution in [0.25, 0.3) is 0 Å². The number of hydrogen-bond acceptors (Lipinski definition) is 3. The highest BCUT2D eigenvalue weighted by molar-refractivity contribution is 5.37. The zero-order valence-corrected chi connectivity index (χ0v) is 8.71. The fraction of sp³-hybridized carbons (Fsp3) is 0.364. The summed E-state index contributed by atoms with van der Waals surface area (Å²) < 4.78 is 5.50. The molecule has 0 aliphatic rings. The van der Waals surface area contributed by atoms with E-state index in [1.807, 2.05) is 19.9 Å². The van der Waals surface area contributed by atoms with Crippen LogP contribution in [0.2, 0.25) is 0 Å². The third-order valence-electron chi connectivity index (χ3n) is 1.98. The Balaban J connectivity index is 3.04. The van der Waals surface area contributed by atoms with Crippen molar-refractivity contribution in [3.05, 3.63) is 35.7 Å². The first-order valence-electron chi connectivity index (χ1n) is 4.60. The van der Waals surface area contributed by atoms with Crippen molar-refractivity contribution in [2.45, 2.75) is 20.4 Å². The van der Waals surface area contributed by atoms with Crippen molar-refractivity contribution in [2.75, 3.05) is 6.61 Å². The second-order valence-corrected chi connectivity index (χ2v) is 3.13. The molecule has 0 atom stereocenters. The van der Waals surface area contributed by atoms with Gasteiger partial charge in [0.15, 0.2) is 0 Å². The van der Waals surface area contributed by atoms with Gasteiger partial charge in [-0.25, -0.2) is 0 Å². The average Bonchev–Trinajstić information content (AvgIpc) is 2.14. The molecule has 0 bridgehead atoms. The molecule has 1 rings (SSSR count). The third kappa shape index (κ3) is 2.33. The van der Waals surface area contributed by atoms with Crippen LogP contribution in [0.4, 0.5) is 0 Å². The maximum absolute atomic E-state index is 5.63. The van der Waals surface area contributed by atoms with Crippen LogP contribution >= 0.6 is 0 Å². The monoisotopic (exact) mass is 192 g/mol. The maximum Gasteiger partial charge on any atom is 0.127 e. The Labute approximate surface area is 84.6 Å². The van der Waals surface area contributed by atoms with Crippen LogP contribution in [-0.4, -0.2) is 11.6 Å². The lowest BCUT2D eigenvalue weighted by atomic mass is 10.1. The average molecular weight is 192 g/mol. The SMILES string of the molecule is C=CCOc1cc(C)nc(C)c1CN. The maximum atomic E-state index is 5.63. The van der Waals surface area contributed by atoms with Gasteiger partial charge >= 0.3 is 0 Å². The summed E-state index contributed by atoms with van der Waals surface area (Å²) in [5.41, 5.74) is 8.48. The molecular formula is C11H16N2O. The Kier molecular flexibility index (Phi) is 3.65. The molecule has 1 heterocycles. The Morgan fingerprint density at radius 3 is 2.86 bits per heavy atom. The second-order valence-electron chi connectivity index (χ2n) is 3.13. The number of nitrogens with two attached hydrogens (primary N) is 1. The Bertz CT molecular complexity index is 334. The van der Waals surface area contributed by atoms with Gasteiger partial charge in [-0.15, -0.1) is 0 Å². The summed E-state index contributed by atoms with van der Waals surface area (Å²) >= 11 is 0. The first kappa shape index (κ1) is 10.7. The number of aryl methyl sites for hydroxylation is 2. The standard InChI is InChI=1S/C11H16N2O/c1-4-5-14-11-6-8(2)13-9(3)10(11)7-12/h4,6H,1,5,7,12H2,2-3H3. The predicted molar refractivity (Wildman–Crippen MR) is 57.3 cm³/mol. The molecule has 1 aromatic rings. The van der Waals surface area contributed by atoms with Crippen molar-refractivity contribution in [1.29, 1.82) is 0 Å². The molecule has 1 aromatic heterocycles. The van der Waals surface area contributed by atoms with Gasteiger partial charge in [0.2, 0.25) is 0 Å². The van der Waals surface area contributed by atoms with Gasteiger partial charge in [-0.3, -0.25) is 4.98 Å². The van der Waals surface area contributed by atoms with E-state index in [0.717, 1.165) is 22.7 Å². The van der Waals surface area contributed by atoms with Crippen LogP contribution in [0.1, 0.15) is 17.0 Å². The molecule has 0 amide bonds. The van der Waals surface area contributed by atoms with E-state index in [-0.39, 0.29) is 0 Å². The molecule has 3 heteroatoms. The van der Waals surface area contributed by atoms with Gasteiger partial charge in [0.05, 0.1) is 0 Å². The van der Waals surface area contributed by atoms with Crippen molar-refractivity contribution in [3.8, 4) is 5.75 Å². The minimum atomic E-state index is 0.450.